The smallest absolute Gasteiger partial charge is 0.350 e. The lowest BCUT2D eigenvalue weighted by Crippen LogP contribution is -2.30. The fourth-order valence-electron chi connectivity index (χ4n) is 1.71. The van der Waals surface area contributed by atoms with Crippen molar-refractivity contribution in [2.45, 2.75) is 20.0 Å². The van der Waals surface area contributed by atoms with E-state index in [4.69, 9.17) is 4.74 Å². The summed E-state index contributed by atoms with van der Waals surface area (Å²) in [5.41, 5.74) is 0.513. The van der Waals surface area contributed by atoms with Gasteiger partial charge in [-0.15, -0.1) is 0 Å². The normalized spacial score (nSPS) is 11.7. The number of hydrogen-bond donors (Lipinski definition) is 1. The number of thiazole rings is 1. The Morgan fingerprint density at radius 2 is 1.96 bits per heavy atom. The van der Waals surface area contributed by atoms with E-state index in [0.29, 0.717) is 21.5 Å². The average molecular weight is 399 g/mol. The third kappa shape index (κ3) is 4.52. The molecule has 0 aliphatic heterocycles. The maximum absolute atomic E-state index is 12.1. The van der Waals surface area contributed by atoms with Crippen molar-refractivity contribution in [2.75, 3.05) is 12.4 Å². The molecule has 1 heterocycles. The Morgan fingerprint density at radius 3 is 2.57 bits per heavy atom. The molecular weight excluding hydrogens is 384 g/mol. The Balaban J connectivity index is 2.01. The molecule has 8 heteroatoms. The van der Waals surface area contributed by atoms with Crippen LogP contribution < -0.4 is 10.1 Å². The predicted octanol–water partition coefficient (Wildman–Crippen LogP) is 3.41. The van der Waals surface area contributed by atoms with Gasteiger partial charge in [0.1, 0.15) is 10.6 Å². The largest absolute Gasteiger partial charge is 0.481 e. The molecule has 0 spiro atoms. The van der Waals surface area contributed by atoms with E-state index >= 15 is 0 Å². The van der Waals surface area contributed by atoms with Gasteiger partial charge in [0.15, 0.2) is 11.2 Å². The summed E-state index contributed by atoms with van der Waals surface area (Å²) in [6, 6.07) is 7.17. The average Bonchev–Trinajstić information content (AvgIpc) is 2.89. The zero-order chi connectivity index (χ0) is 17.0. The number of rotatable bonds is 5. The molecule has 1 N–H and O–H groups in total. The van der Waals surface area contributed by atoms with Crippen LogP contribution >= 0.6 is 27.3 Å². The number of hydrogen-bond acceptors (Lipinski definition) is 6. The molecular formula is C15H15BrN2O4S. The molecule has 1 aromatic carbocycles. The van der Waals surface area contributed by atoms with E-state index in [1.165, 1.54) is 7.11 Å². The fourth-order valence-corrected chi connectivity index (χ4v) is 2.86. The van der Waals surface area contributed by atoms with Gasteiger partial charge in [-0.25, -0.2) is 9.78 Å². The van der Waals surface area contributed by atoms with Crippen LogP contribution in [0.5, 0.6) is 5.75 Å². The van der Waals surface area contributed by atoms with Crippen molar-refractivity contribution in [1.29, 1.82) is 0 Å². The van der Waals surface area contributed by atoms with Crippen LogP contribution in [-0.2, 0) is 9.53 Å². The van der Waals surface area contributed by atoms with E-state index < -0.39 is 12.1 Å². The monoisotopic (exact) mass is 398 g/mol. The molecule has 0 bridgehead atoms. The first-order chi connectivity index (χ1) is 10.9. The summed E-state index contributed by atoms with van der Waals surface area (Å²) in [4.78, 5) is 28.2. The minimum atomic E-state index is -0.707. The molecule has 1 atom stereocenters. The molecule has 0 aliphatic rings. The van der Waals surface area contributed by atoms with Gasteiger partial charge in [0.25, 0.3) is 5.91 Å². The number of methoxy groups -OCH3 is 1. The second kappa shape index (κ2) is 7.56. The molecule has 1 amide bonds. The Kier molecular flexibility index (Phi) is 5.73. The zero-order valence-electron chi connectivity index (χ0n) is 12.8. The first-order valence-corrected chi connectivity index (χ1v) is 8.30. The number of carbonyl (C=O) groups is 2. The molecule has 23 heavy (non-hydrogen) atoms. The maximum Gasteiger partial charge on any atom is 0.350 e. The number of halogens is 1. The fraction of sp³-hybridized carbons (Fsp3) is 0.267. The van der Waals surface area contributed by atoms with Crippen LogP contribution in [0, 0.1) is 6.92 Å². The van der Waals surface area contributed by atoms with Gasteiger partial charge in [-0.2, -0.15) is 0 Å². The van der Waals surface area contributed by atoms with Gasteiger partial charge in [0.2, 0.25) is 0 Å². The zero-order valence-corrected chi connectivity index (χ0v) is 15.2. The van der Waals surface area contributed by atoms with Crippen LogP contribution in [0.25, 0.3) is 0 Å². The van der Waals surface area contributed by atoms with Crippen molar-refractivity contribution in [3.05, 3.63) is 39.3 Å². The van der Waals surface area contributed by atoms with E-state index in [1.807, 2.05) is 12.1 Å². The van der Waals surface area contributed by atoms with E-state index in [0.717, 1.165) is 15.8 Å². The van der Waals surface area contributed by atoms with Gasteiger partial charge in [-0.05, 0) is 38.1 Å². The number of ether oxygens (including phenoxy) is 2. The second-order valence-electron chi connectivity index (χ2n) is 4.63. The number of benzene rings is 1. The van der Waals surface area contributed by atoms with Crippen molar-refractivity contribution < 1.29 is 19.1 Å². The van der Waals surface area contributed by atoms with Crippen LogP contribution in [-0.4, -0.2) is 30.1 Å². The van der Waals surface area contributed by atoms with Crippen molar-refractivity contribution in [3.63, 3.8) is 0 Å². The number of aromatic nitrogens is 1. The summed E-state index contributed by atoms with van der Waals surface area (Å²) in [5, 5.41) is 2.97. The Morgan fingerprint density at radius 1 is 1.30 bits per heavy atom. The van der Waals surface area contributed by atoms with Gasteiger partial charge >= 0.3 is 5.97 Å². The number of anilines is 1. The summed E-state index contributed by atoms with van der Waals surface area (Å²) >= 11 is 4.40. The molecule has 0 fully saturated rings. The first-order valence-electron chi connectivity index (χ1n) is 6.69. The van der Waals surface area contributed by atoms with Gasteiger partial charge in [0.05, 0.1) is 12.8 Å². The molecule has 0 saturated heterocycles. The van der Waals surface area contributed by atoms with Crippen molar-refractivity contribution in [2.24, 2.45) is 0 Å². The van der Waals surface area contributed by atoms with Gasteiger partial charge in [-0.1, -0.05) is 27.3 Å². The minimum Gasteiger partial charge on any atom is -0.481 e. The first kappa shape index (κ1) is 17.4. The van der Waals surface area contributed by atoms with Crippen molar-refractivity contribution >= 4 is 44.3 Å². The van der Waals surface area contributed by atoms with Gasteiger partial charge < -0.3 is 9.47 Å². The molecule has 0 saturated carbocycles. The number of aryl methyl sites for hydroxylation is 1. The molecule has 1 aromatic heterocycles. The SMILES string of the molecule is COC(=O)c1sc(NC(=O)C(C)Oc2ccc(Br)cc2)nc1C. The highest BCUT2D eigenvalue weighted by molar-refractivity contribution is 9.10. The van der Waals surface area contributed by atoms with Crippen LogP contribution in [0.4, 0.5) is 5.13 Å². The Hall–Kier alpha value is -1.93. The van der Waals surface area contributed by atoms with Crippen molar-refractivity contribution in [1.82, 2.24) is 4.98 Å². The number of nitrogens with one attached hydrogen (secondary N) is 1. The Labute approximate surface area is 146 Å². The summed E-state index contributed by atoms with van der Waals surface area (Å²) in [6.45, 7) is 3.32. The highest BCUT2D eigenvalue weighted by Crippen LogP contribution is 2.24. The lowest BCUT2D eigenvalue weighted by molar-refractivity contribution is -0.122. The van der Waals surface area contributed by atoms with E-state index in [1.54, 1.807) is 26.0 Å². The third-order valence-electron chi connectivity index (χ3n) is 2.89. The standard InChI is InChI=1S/C15H15BrN2O4S/c1-8-12(14(20)21-3)23-15(17-8)18-13(19)9(2)22-11-6-4-10(16)5-7-11/h4-7,9H,1-3H3,(H,17,18,19). The van der Waals surface area contributed by atoms with Gasteiger partial charge in [0, 0.05) is 4.47 Å². The van der Waals surface area contributed by atoms with Gasteiger partial charge in [-0.3, -0.25) is 10.1 Å². The number of amides is 1. The second-order valence-corrected chi connectivity index (χ2v) is 6.54. The van der Waals surface area contributed by atoms with Crippen LogP contribution in [0.2, 0.25) is 0 Å². The number of carbonyl (C=O) groups excluding carboxylic acids is 2. The van der Waals surface area contributed by atoms with Crippen LogP contribution in [0.15, 0.2) is 28.7 Å². The molecule has 122 valence electrons. The summed E-state index contributed by atoms with van der Waals surface area (Å²) < 4.78 is 11.1. The highest BCUT2D eigenvalue weighted by Gasteiger charge is 2.20. The highest BCUT2D eigenvalue weighted by atomic mass is 79.9. The molecule has 2 aromatic rings. The molecule has 2 rings (SSSR count). The van der Waals surface area contributed by atoms with Crippen LogP contribution in [0.3, 0.4) is 0 Å². The summed E-state index contributed by atoms with van der Waals surface area (Å²) in [6.07, 6.45) is -0.707. The maximum atomic E-state index is 12.1. The summed E-state index contributed by atoms with van der Waals surface area (Å²) in [7, 11) is 1.30. The molecule has 0 radical (unpaired) electrons. The number of esters is 1. The Bertz CT molecular complexity index is 715. The molecule has 1 unspecified atom stereocenters. The van der Waals surface area contributed by atoms with E-state index in [2.05, 4.69) is 31.0 Å². The molecule has 6 nitrogen and oxygen atoms in total. The quantitative estimate of drug-likeness (QED) is 0.780. The third-order valence-corrected chi connectivity index (χ3v) is 4.47. The lowest BCUT2D eigenvalue weighted by atomic mass is 10.3. The van der Waals surface area contributed by atoms with Crippen molar-refractivity contribution in [3.8, 4) is 5.75 Å². The predicted molar refractivity (Wildman–Crippen MR) is 91.1 cm³/mol. The minimum absolute atomic E-state index is 0.333. The summed E-state index contributed by atoms with van der Waals surface area (Å²) in [5.74, 6) is -0.237. The number of nitrogens with zero attached hydrogens (tertiary/aromatic N) is 1. The topological polar surface area (TPSA) is 77.5 Å². The van der Waals surface area contributed by atoms with Crippen LogP contribution in [0.1, 0.15) is 22.3 Å². The van der Waals surface area contributed by atoms with E-state index in [9.17, 15) is 9.59 Å². The van der Waals surface area contributed by atoms with E-state index in [-0.39, 0.29) is 5.91 Å². The lowest BCUT2D eigenvalue weighted by Gasteiger charge is -2.13. The molecule has 0 aliphatic carbocycles.